The Hall–Kier alpha value is -1.43. The van der Waals surface area contributed by atoms with E-state index in [1.54, 1.807) is 12.4 Å². The number of nitrogens with two attached hydrogens (primary N) is 1. The molecule has 0 aliphatic heterocycles. The van der Waals surface area contributed by atoms with Crippen molar-refractivity contribution in [3.05, 3.63) is 18.2 Å². The first-order valence-electron chi connectivity index (χ1n) is 7.71. The van der Waals surface area contributed by atoms with Gasteiger partial charge >= 0.3 is 0 Å². The minimum absolute atomic E-state index is 0.0105. The summed E-state index contributed by atoms with van der Waals surface area (Å²) >= 11 is 5.21. The smallest absolute Gasteiger partial charge is 0.233 e. The zero-order valence-electron chi connectivity index (χ0n) is 12.4. The number of aromatic amines is 1. The van der Waals surface area contributed by atoms with Crippen molar-refractivity contribution >= 4 is 23.1 Å². The zero-order valence-corrected chi connectivity index (χ0v) is 13.2. The van der Waals surface area contributed by atoms with Crippen LogP contribution in [0.2, 0.25) is 0 Å². The molecule has 1 aliphatic rings. The highest BCUT2D eigenvalue weighted by Crippen LogP contribution is 2.35. The van der Waals surface area contributed by atoms with Crippen molar-refractivity contribution in [2.45, 2.75) is 51.4 Å². The van der Waals surface area contributed by atoms with Crippen molar-refractivity contribution in [2.75, 3.05) is 6.54 Å². The molecule has 0 unspecified atom stereocenters. The normalized spacial score (nSPS) is 17.9. The van der Waals surface area contributed by atoms with Crippen molar-refractivity contribution in [1.82, 2.24) is 15.3 Å². The van der Waals surface area contributed by atoms with Gasteiger partial charge in [0.15, 0.2) is 0 Å². The standard InChI is InChI=1S/C15H24N4OS/c16-13(21)15(7-3-1-2-4-8-15)14(20)19-9-5-6-12-17-10-11-18-12/h10-11H,1-9H2,(H2,16,21)(H,17,18)(H,19,20). The van der Waals surface area contributed by atoms with Crippen LogP contribution in [-0.4, -0.2) is 27.4 Å². The molecule has 116 valence electrons. The summed E-state index contributed by atoms with van der Waals surface area (Å²) in [5.41, 5.74) is 5.28. The third-order valence-corrected chi connectivity index (χ3v) is 4.68. The number of rotatable bonds is 6. The van der Waals surface area contributed by atoms with Gasteiger partial charge in [-0.05, 0) is 19.3 Å². The molecule has 1 saturated carbocycles. The average molecular weight is 308 g/mol. The Balaban J connectivity index is 1.85. The highest BCUT2D eigenvalue weighted by molar-refractivity contribution is 7.80. The monoisotopic (exact) mass is 308 g/mol. The van der Waals surface area contributed by atoms with Crippen LogP contribution in [0.5, 0.6) is 0 Å². The van der Waals surface area contributed by atoms with Crippen molar-refractivity contribution in [3.8, 4) is 0 Å². The van der Waals surface area contributed by atoms with Gasteiger partial charge in [0.25, 0.3) is 0 Å². The first-order chi connectivity index (χ1) is 10.1. The van der Waals surface area contributed by atoms with E-state index in [1.807, 2.05) is 0 Å². The molecule has 1 aromatic heterocycles. The van der Waals surface area contributed by atoms with E-state index >= 15 is 0 Å². The van der Waals surface area contributed by atoms with E-state index in [0.29, 0.717) is 11.5 Å². The summed E-state index contributed by atoms with van der Waals surface area (Å²) in [5.74, 6) is 0.958. The Kier molecular flexibility index (Phi) is 5.73. The fourth-order valence-electron chi connectivity index (χ4n) is 2.98. The predicted molar refractivity (Wildman–Crippen MR) is 86.8 cm³/mol. The lowest BCUT2D eigenvalue weighted by Crippen LogP contribution is -2.49. The Morgan fingerprint density at radius 1 is 1.38 bits per heavy atom. The zero-order chi connectivity index (χ0) is 15.1. The van der Waals surface area contributed by atoms with Crippen molar-refractivity contribution in [2.24, 2.45) is 11.1 Å². The van der Waals surface area contributed by atoms with Crippen molar-refractivity contribution in [1.29, 1.82) is 0 Å². The predicted octanol–water partition coefficient (Wildman–Crippen LogP) is 2.09. The van der Waals surface area contributed by atoms with Gasteiger partial charge in [0.05, 0.1) is 10.4 Å². The van der Waals surface area contributed by atoms with Crippen molar-refractivity contribution in [3.63, 3.8) is 0 Å². The number of imidazole rings is 1. The average Bonchev–Trinajstić information content (AvgIpc) is 2.85. The highest BCUT2D eigenvalue weighted by atomic mass is 32.1. The summed E-state index contributed by atoms with van der Waals surface area (Å²) < 4.78 is 0. The van der Waals surface area contributed by atoms with Crippen LogP contribution in [0.4, 0.5) is 0 Å². The molecule has 4 N–H and O–H groups in total. The molecule has 5 nitrogen and oxygen atoms in total. The molecule has 0 radical (unpaired) electrons. The summed E-state index contributed by atoms with van der Waals surface area (Å²) in [5, 5.41) is 3.02. The molecule has 6 heteroatoms. The Bertz CT molecular complexity index is 464. The van der Waals surface area contributed by atoms with E-state index in [-0.39, 0.29) is 5.91 Å². The fraction of sp³-hybridized carbons (Fsp3) is 0.667. The van der Waals surface area contributed by atoms with Crippen LogP contribution in [-0.2, 0) is 11.2 Å². The van der Waals surface area contributed by atoms with Crippen LogP contribution < -0.4 is 11.1 Å². The first kappa shape index (κ1) is 15.9. The van der Waals surface area contributed by atoms with Gasteiger partial charge in [0.2, 0.25) is 5.91 Å². The largest absolute Gasteiger partial charge is 0.392 e. The van der Waals surface area contributed by atoms with Crippen LogP contribution in [0, 0.1) is 5.41 Å². The number of aromatic nitrogens is 2. The molecule has 0 atom stereocenters. The summed E-state index contributed by atoms with van der Waals surface area (Å²) in [6.45, 7) is 0.629. The van der Waals surface area contributed by atoms with E-state index in [4.69, 9.17) is 18.0 Å². The number of H-pyrrole nitrogens is 1. The van der Waals surface area contributed by atoms with Gasteiger partial charge in [-0.1, -0.05) is 37.9 Å². The van der Waals surface area contributed by atoms with E-state index in [9.17, 15) is 4.79 Å². The molecular weight excluding hydrogens is 284 g/mol. The van der Waals surface area contributed by atoms with Crippen LogP contribution >= 0.6 is 12.2 Å². The highest BCUT2D eigenvalue weighted by Gasteiger charge is 2.41. The van der Waals surface area contributed by atoms with E-state index < -0.39 is 5.41 Å². The Morgan fingerprint density at radius 3 is 2.67 bits per heavy atom. The quantitative estimate of drug-likeness (QED) is 0.427. The lowest BCUT2D eigenvalue weighted by Gasteiger charge is -2.30. The van der Waals surface area contributed by atoms with Crippen molar-refractivity contribution < 1.29 is 4.79 Å². The van der Waals surface area contributed by atoms with E-state index in [1.165, 1.54) is 0 Å². The number of hydrogen-bond donors (Lipinski definition) is 3. The number of amides is 1. The molecule has 1 fully saturated rings. The second kappa shape index (κ2) is 7.54. The van der Waals surface area contributed by atoms with E-state index in [2.05, 4.69) is 15.3 Å². The number of thiocarbonyl (C=S) groups is 1. The minimum Gasteiger partial charge on any atom is -0.392 e. The number of aryl methyl sites for hydroxylation is 1. The minimum atomic E-state index is -0.628. The summed E-state index contributed by atoms with van der Waals surface area (Å²) in [6.07, 6.45) is 11.2. The number of nitrogens with one attached hydrogen (secondary N) is 2. The lowest BCUT2D eigenvalue weighted by atomic mass is 9.79. The maximum atomic E-state index is 12.6. The summed E-state index contributed by atoms with van der Waals surface area (Å²) in [4.78, 5) is 20.2. The summed E-state index contributed by atoms with van der Waals surface area (Å²) in [7, 11) is 0. The second-order valence-electron chi connectivity index (χ2n) is 5.76. The molecule has 2 rings (SSSR count). The third-order valence-electron chi connectivity index (χ3n) is 4.29. The van der Waals surface area contributed by atoms with Crippen LogP contribution in [0.25, 0.3) is 0 Å². The van der Waals surface area contributed by atoms with Gasteiger partial charge in [0.1, 0.15) is 5.82 Å². The summed E-state index contributed by atoms with van der Waals surface area (Å²) in [6, 6.07) is 0. The SMILES string of the molecule is NC(=S)C1(C(=O)NCCCc2ncc[nH]2)CCCCCC1. The van der Waals surface area contributed by atoms with Gasteiger partial charge < -0.3 is 16.0 Å². The topological polar surface area (TPSA) is 83.8 Å². The molecule has 0 bridgehead atoms. The van der Waals surface area contributed by atoms with E-state index in [0.717, 1.165) is 57.2 Å². The molecule has 0 aromatic carbocycles. The van der Waals surface area contributed by atoms with Crippen LogP contribution in [0.1, 0.15) is 50.8 Å². The van der Waals surface area contributed by atoms with Gasteiger partial charge in [-0.15, -0.1) is 0 Å². The van der Waals surface area contributed by atoms with Gasteiger partial charge in [-0.3, -0.25) is 4.79 Å². The maximum absolute atomic E-state index is 12.6. The lowest BCUT2D eigenvalue weighted by molar-refractivity contribution is -0.128. The van der Waals surface area contributed by atoms with Gasteiger partial charge in [-0.2, -0.15) is 0 Å². The molecule has 21 heavy (non-hydrogen) atoms. The number of nitrogens with zero attached hydrogens (tertiary/aromatic N) is 1. The van der Waals surface area contributed by atoms with Gasteiger partial charge in [0, 0.05) is 25.4 Å². The number of carbonyl (C=O) groups is 1. The maximum Gasteiger partial charge on any atom is 0.233 e. The molecule has 1 heterocycles. The molecular formula is C15H24N4OS. The number of carbonyl (C=O) groups excluding carboxylic acids is 1. The molecule has 0 spiro atoms. The van der Waals surface area contributed by atoms with Crippen LogP contribution in [0.15, 0.2) is 12.4 Å². The molecule has 1 amide bonds. The Labute approximate surface area is 131 Å². The van der Waals surface area contributed by atoms with Gasteiger partial charge in [-0.25, -0.2) is 4.98 Å². The number of hydrogen-bond acceptors (Lipinski definition) is 3. The van der Waals surface area contributed by atoms with Crippen LogP contribution in [0.3, 0.4) is 0 Å². The molecule has 0 saturated heterocycles. The Morgan fingerprint density at radius 2 is 2.10 bits per heavy atom. The molecule has 1 aliphatic carbocycles. The first-order valence-corrected chi connectivity index (χ1v) is 8.12. The second-order valence-corrected chi connectivity index (χ2v) is 6.20. The third kappa shape index (κ3) is 4.03. The molecule has 1 aromatic rings. The fourth-order valence-corrected chi connectivity index (χ4v) is 3.28.